The Morgan fingerprint density at radius 3 is 2.16 bits per heavy atom. The van der Waals surface area contributed by atoms with Crippen LogP contribution in [0.5, 0.6) is 0 Å². The molecule has 1 heterocycles. The van der Waals surface area contributed by atoms with E-state index in [2.05, 4.69) is 20.8 Å². The number of thioether (sulfide) groups is 1. The molecule has 3 rings (SSSR count). The van der Waals surface area contributed by atoms with Gasteiger partial charge < -0.3 is 4.74 Å². The van der Waals surface area contributed by atoms with Gasteiger partial charge in [0.05, 0.1) is 6.04 Å². The van der Waals surface area contributed by atoms with E-state index in [0.717, 1.165) is 27.3 Å². The van der Waals surface area contributed by atoms with Crippen molar-refractivity contribution in [3.05, 3.63) is 65.7 Å². The summed E-state index contributed by atoms with van der Waals surface area (Å²) in [6.45, 7) is 11.9. The standard InChI is InChI=1S/C29H37ClN2O5S/c1-28(2,3)21-12-15-23(16-13-21)38-25(33)24-17-14-22(18-31(24)27(35)37-29(4,5)6)32(26(30)34)36-19-20-10-8-7-9-11-20/h7-13,15-16,22,24H,14,17-19H2,1-6H3/t22-,24+/m1/s1. The first-order valence-electron chi connectivity index (χ1n) is 12.7. The molecule has 1 aliphatic rings. The highest BCUT2D eigenvalue weighted by atomic mass is 35.5. The van der Waals surface area contributed by atoms with Crippen molar-refractivity contribution in [1.29, 1.82) is 0 Å². The third-order valence-corrected chi connectivity index (χ3v) is 7.26. The van der Waals surface area contributed by atoms with Crippen LogP contribution in [0, 0.1) is 0 Å². The lowest BCUT2D eigenvalue weighted by molar-refractivity contribution is -0.161. The number of hydrogen-bond donors (Lipinski definition) is 0. The molecule has 0 bridgehead atoms. The quantitative estimate of drug-likeness (QED) is 0.161. The van der Waals surface area contributed by atoms with Gasteiger partial charge in [0, 0.05) is 11.4 Å². The molecule has 206 valence electrons. The summed E-state index contributed by atoms with van der Waals surface area (Å²) < 4.78 is 5.63. The topological polar surface area (TPSA) is 76.2 Å². The van der Waals surface area contributed by atoms with Gasteiger partial charge in [0.25, 0.3) is 0 Å². The van der Waals surface area contributed by atoms with E-state index in [4.69, 9.17) is 21.2 Å². The molecule has 0 aromatic heterocycles. The number of hydrogen-bond acceptors (Lipinski definition) is 6. The van der Waals surface area contributed by atoms with Crippen molar-refractivity contribution in [2.24, 2.45) is 0 Å². The van der Waals surface area contributed by atoms with E-state index in [1.54, 1.807) is 20.8 Å². The lowest BCUT2D eigenvalue weighted by Gasteiger charge is -2.41. The first kappa shape index (κ1) is 30.0. The summed E-state index contributed by atoms with van der Waals surface area (Å²) in [6, 6.07) is 16.1. The third kappa shape index (κ3) is 8.48. The van der Waals surface area contributed by atoms with Crippen molar-refractivity contribution in [1.82, 2.24) is 9.96 Å². The molecule has 9 heteroatoms. The number of benzene rings is 2. The number of hydroxylamine groups is 2. The molecule has 38 heavy (non-hydrogen) atoms. The highest BCUT2D eigenvalue weighted by molar-refractivity contribution is 8.13. The number of carbonyl (C=O) groups is 3. The molecule has 0 spiro atoms. The number of carbonyl (C=O) groups excluding carboxylic acids is 3. The first-order chi connectivity index (χ1) is 17.7. The zero-order valence-electron chi connectivity index (χ0n) is 22.9. The number of rotatable bonds is 6. The monoisotopic (exact) mass is 560 g/mol. The van der Waals surface area contributed by atoms with Crippen LogP contribution in [-0.4, -0.2) is 50.8 Å². The van der Waals surface area contributed by atoms with Crippen molar-refractivity contribution in [2.45, 2.75) is 89.0 Å². The molecular weight excluding hydrogens is 524 g/mol. The predicted octanol–water partition coefficient (Wildman–Crippen LogP) is 7.16. The Morgan fingerprint density at radius 2 is 1.61 bits per heavy atom. The maximum absolute atomic E-state index is 13.4. The molecule has 0 unspecified atom stereocenters. The lowest BCUT2D eigenvalue weighted by atomic mass is 9.87. The molecule has 2 aromatic rings. The molecule has 0 radical (unpaired) electrons. The second kappa shape index (κ2) is 12.5. The molecule has 2 atom stereocenters. The van der Waals surface area contributed by atoms with Gasteiger partial charge in [-0.1, -0.05) is 63.2 Å². The van der Waals surface area contributed by atoms with Crippen molar-refractivity contribution in [3.63, 3.8) is 0 Å². The van der Waals surface area contributed by atoms with Gasteiger partial charge in [-0.2, -0.15) is 0 Å². The van der Waals surface area contributed by atoms with Crippen LogP contribution in [0.3, 0.4) is 0 Å². The second-order valence-electron chi connectivity index (χ2n) is 11.4. The van der Waals surface area contributed by atoms with Gasteiger partial charge in [0.2, 0.25) is 5.12 Å². The normalized spacial score (nSPS) is 18.1. The van der Waals surface area contributed by atoms with Crippen molar-refractivity contribution < 1.29 is 24.0 Å². The van der Waals surface area contributed by atoms with E-state index in [1.807, 2.05) is 54.6 Å². The summed E-state index contributed by atoms with van der Waals surface area (Å²) in [4.78, 5) is 46.9. The number of likely N-dealkylation sites (tertiary alicyclic amines) is 1. The van der Waals surface area contributed by atoms with Gasteiger partial charge in [-0.15, -0.1) is 0 Å². The van der Waals surface area contributed by atoms with Crippen molar-refractivity contribution in [3.8, 4) is 0 Å². The largest absolute Gasteiger partial charge is 0.444 e. The highest BCUT2D eigenvalue weighted by Crippen LogP contribution is 2.32. The van der Waals surface area contributed by atoms with E-state index in [0.29, 0.717) is 12.8 Å². The van der Waals surface area contributed by atoms with Gasteiger partial charge in [0.15, 0.2) is 0 Å². The number of ether oxygens (including phenoxy) is 1. The first-order valence-corrected chi connectivity index (χ1v) is 13.9. The van der Waals surface area contributed by atoms with Crippen LogP contribution in [0.2, 0.25) is 0 Å². The van der Waals surface area contributed by atoms with Gasteiger partial charge >= 0.3 is 11.5 Å². The maximum Gasteiger partial charge on any atom is 0.411 e. The Morgan fingerprint density at radius 1 is 0.974 bits per heavy atom. The average Bonchev–Trinajstić information content (AvgIpc) is 2.83. The number of halogens is 1. The zero-order chi connectivity index (χ0) is 28.1. The van der Waals surface area contributed by atoms with E-state index < -0.39 is 29.1 Å². The van der Waals surface area contributed by atoms with E-state index in [-0.39, 0.29) is 23.7 Å². The molecule has 0 aliphatic carbocycles. The molecule has 0 N–H and O–H groups in total. The fourth-order valence-electron chi connectivity index (χ4n) is 4.14. The van der Waals surface area contributed by atoms with Gasteiger partial charge in [-0.25, -0.2) is 9.86 Å². The van der Waals surface area contributed by atoms with E-state index >= 15 is 0 Å². The van der Waals surface area contributed by atoms with Gasteiger partial charge in [0.1, 0.15) is 18.2 Å². The van der Waals surface area contributed by atoms with Crippen molar-refractivity contribution >= 4 is 39.9 Å². The molecule has 2 amide bonds. The zero-order valence-corrected chi connectivity index (χ0v) is 24.5. The third-order valence-electron chi connectivity index (χ3n) is 6.11. The van der Waals surface area contributed by atoms with Crippen LogP contribution in [0.15, 0.2) is 59.5 Å². The SMILES string of the molecule is CC(C)(C)OC(=O)N1C[C@H](N(OCc2ccccc2)C(=O)Cl)CC[C@H]1C(=O)Sc1ccc(C(C)(C)C)cc1. The molecule has 1 fully saturated rings. The Balaban J connectivity index is 1.77. The number of amides is 2. The maximum atomic E-state index is 13.4. The Kier molecular flexibility index (Phi) is 9.90. The minimum Gasteiger partial charge on any atom is -0.444 e. The molecule has 1 saturated heterocycles. The summed E-state index contributed by atoms with van der Waals surface area (Å²) in [5.74, 6) is 0. The molecule has 2 aromatic carbocycles. The molecular formula is C29H37ClN2O5S. The lowest BCUT2D eigenvalue weighted by Crippen LogP contribution is -2.57. The van der Waals surface area contributed by atoms with Gasteiger partial charge in [-0.3, -0.25) is 19.3 Å². The Labute approximate surface area is 234 Å². The van der Waals surface area contributed by atoms with Crippen LogP contribution in [0.1, 0.15) is 65.5 Å². The Bertz CT molecular complexity index is 1110. The molecule has 7 nitrogen and oxygen atoms in total. The fourth-order valence-corrected chi connectivity index (χ4v) is 5.21. The number of nitrogens with zero attached hydrogens (tertiary/aromatic N) is 2. The van der Waals surface area contributed by atoms with E-state index in [1.165, 1.54) is 10.5 Å². The smallest absolute Gasteiger partial charge is 0.411 e. The van der Waals surface area contributed by atoms with Crippen LogP contribution in [0.4, 0.5) is 9.59 Å². The summed E-state index contributed by atoms with van der Waals surface area (Å²) in [6.07, 6.45) is 0.159. The van der Waals surface area contributed by atoms with Crippen LogP contribution < -0.4 is 0 Å². The van der Waals surface area contributed by atoms with Crippen LogP contribution >= 0.6 is 23.4 Å². The number of piperidine rings is 1. The Hall–Kier alpha value is -2.55. The predicted molar refractivity (Wildman–Crippen MR) is 150 cm³/mol. The fraction of sp³-hybridized carbons (Fsp3) is 0.483. The second-order valence-corrected chi connectivity index (χ2v) is 12.8. The summed E-state index contributed by atoms with van der Waals surface area (Å²) in [5.41, 5.74) is 1.30. The highest BCUT2D eigenvalue weighted by Gasteiger charge is 2.41. The molecule has 0 saturated carbocycles. The van der Waals surface area contributed by atoms with Crippen molar-refractivity contribution in [2.75, 3.05) is 6.54 Å². The van der Waals surface area contributed by atoms with Crippen LogP contribution in [-0.2, 0) is 26.4 Å². The minimum atomic E-state index is -0.784. The average molecular weight is 561 g/mol. The summed E-state index contributed by atoms with van der Waals surface area (Å²) >= 11 is 6.99. The summed E-state index contributed by atoms with van der Waals surface area (Å²) in [7, 11) is 0. The summed E-state index contributed by atoms with van der Waals surface area (Å²) in [5, 5.41) is 0.158. The van der Waals surface area contributed by atoms with Crippen LogP contribution in [0.25, 0.3) is 0 Å². The van der Waals surface area contributed by atoms with E-state index in [9.17, 15) is 14.4 Å². The van der Waals surface area contributed by atoms with Gasteiger partial charge in [-0.05, 0) is 85.7 Å². The minimum absolute atomic E-state index is 0.00735. The molecule has 1 aliphatic heterocycles.